The number of hydrogen-bond donors (Lipinski definition) is 3. The predicted octanol–water partition coefficient (Wildman–Crippen LogP) is 4.35. The first-order valence-corrected chi connectivity index (χ1v) is 10.1. The number of halogens is 1. The van der Waals surface area contributed by atoms with Gasteiger partial charge in [-0.1, -0.05) is 35.9 Å². The van der Waals surface area contributed by atoms with Crippen molar-refractivity contribution in [3.63, 3.8) is 0 Å². The smallest absolute Gasteiger partial charge is 0.323 e. The molecule has 1 heterocycles. The van der Waals surface area contributed by atoms with E-state index in [0.717, 1.165) is 0 Å². The van der Waals surface area contributed by atoms with E-state index in [0.29, 0.717) is 33.5 Å². The quantitative estimate of drug-likeness (QED) is 0.538. The highest BCUT2D eigenvalue weighted by molar-refractivity contribution is 6.30. The fourth-order valence-corrected chi connectivity index (χ4v) is 3.37. The number of urea groups is 1. The summed E-state index contributed by atoms with van der Waals surface area (Å²) in [7, 11) is 0. The van der Waals surface area contributed by atoms with Crippen LogP contribution in [0, 0.1) is 0 Å². The van der Waals surface area contributed by atoms with Gasteiger partial charge >= 0.3 is 6.03 Å². The van der Waals surface area contributed by atoms with E-state index in [1.54, 1.807) is 66.7 Å². The molecular formula is C23H19ClN4O4. The van der Waals surface area contributed by atoms with E-state index in [-0.39, 0.29) is 25.0 Å². The van der Waals surface area contributed by atoms with E-state index >= 15 is 0 Å². The summed E-state index contributed by atoms with van der Waals surface area (Å²) < 4.78 is 5.47. The third-order valence-corrected chi connectivity index (χ3v) is 4.84. The highest BCUT2D eigenvalue weighted by atomic mass is 35.5. The molecule has 0 saturated heterocycles. The second-order valence-electron chi connectivity index (χ2n) is 6.95. The van der Waals surface area contributed by atoms with Crippen molar-refractivity contribution >= 4 is 52.2 Å². The first-order chi connectivity index (χ1) is 15.5. The number of carbonyl (C=O) groups excluding carboxylic acids is 3. The molecule has 0 unspecified atom stereocenters. The number of amides is 4. The Balaban J connectivity index is 1.47. The summed E-state index contributed by atoms with van der Waals surface area (Å²) in [6, 6.07) is 20.1. The van der Waals surface area contributed by atoms with Gasteiger partial charge in [-0.2, -0.15) is 0 Å². The van der Waals surface area contributed by atoms with Crippen LogP contribution in [0.3, 0.4) is 0 Å². The summed E-state index contributed by atoms with van der Waals surface area (Å²) in [6.45, 7) is -0.365. The van der Waals surface area contributed by atoms with Gasteiger partial charge in [0.2, 0.25) is 5.91 Å². The average Bonchev–Trinajstić information content (AvgIpc) is 2.76. The van der Waals surface area contributed by atoms with E-state index in [9.17, 15) is 14.4 Å². The van der Waals surface area contributed by atoms with Gasteiger partial charge in [-0.25, -0.2) is 4.79 Å². The lowest BCUT2D eigenvalue weighted by Gasteiger charge is -2.29. The Kier molecular flexibility index (Phi) is 6.23. The Bertz CT molecular complexity index is 1170. The van der Waals surface area contributed by atoms with Crippen LogP contribution in [0.5, 0.6) is 5.75 Å². The minimum absolute atomic E-state index is 0.173. The maximum absolute atomic E-state index is 12.5. The van der Waals surface area contributed by atoms with Crippen molar-refractivity contribution in [2.75, 3.05) is 34.0 Å². The largest absolute Gasteiger partial charge is 0.482 e. The van der Waals surface area contributed by atoms with Crippen molar-refractivity contribution in [2.24, 2.45) is 0 Å². The molecule has 3 aromatic carbocycles. The van der Waals surface area contributed by atoms with Crippen LogP contribution in [-0.2, 0) is 9.59 Å². The van der Waals surface area contributed by atoms with Crippen molar-refractivity contribution in [2.45, 2.75) is 0 Å². The number of ether oxygens (including phenoxy) is 1. The van der Waals surface area contributed by atoms with Crippen molar-refractivity contribution in [3.05, 3.63) is 77.8 Å². The second kappa shape index (κ2) is 9.40. The fourth-order valence-electron chi connectivity index (χ4n) is 3.18. The minimum Gasteiger partial charge on any atom is -0.482 e. The van der Waals surface area contributed by atoms with Crippen molar-refractivity contribution in [1.29, 1.82) is 0 Å². The first-order valence-electron chi connectivity index (χ1n) is 9.73. The summed E-state index contributed by atoms with van der Waals surface area (Å²) in [5.74, 6) is -0.270. The molecule has 0 bridgehead atoms. The Morgan fingerprint density at radius 1 is 0.875 bits per heavy atom. The number of rotatable bonds is 5. The number of fused-ring (bicyclic) bond motifs is 1. The average molecular weight is 451 g/mol. The van der Waals surface area contributed by atoms with Gasteiger partial charge in [0, 0.05) is 22.1 Å². The number of anilines is 4. The summed E-state index contributed by atoms with van der Waals surface area (Å²) in [6.07, 6.45) is 0. The molecule has 0 spiro atoms. The Labute approximate surface area is 189 Å². The van der Waals surface area contributed by atoms with Crippen LogP contribution >= 0.6 is 11.6 Å². The molecule has 4 amide bonds. The number of carbonyl (C=O) groups is 3. The van der Waals surface area contributed by atoms with Crippen LogP contribution in [0.1, 0.15) is 0 Å². The molecule has 9 heteroatoms. The molecule has 0 aliphatic carbocycles. The van der Waals surface area contributed by atoms with Crippen LogP contribution in [0.15, 0.2) is 72.8 Å². The lowest BCUT2D eigenvalue weighted by atomic mass is 10.2. The second-order valence-corrected chi connectivity index (χ2v) is 7.39. The molecule has 0 aromatic heterocycles. The molecule has 0 atom stereocenters. The monoisotopic (exact) mass is 450 g/mol. The zero-order valence-electron chi connectivity index (χ0n) is 16.8. The number of nitrogens with one attached hydrogen (secondary N) is 3. The molecular weight excluding hydrogens is 432 g/mol. The van der Waals surface area contributed by atoms with Crippen molar-refractivity contribution in [3.8, 4) is 5.75 Å². The normalized spacial score (nSPS) is 12.4. The topological polar surface area (TPSA) is 99.8 Å². The Hall–Kier alpha value is -4.04. The number of para-hydroxylation sites is 1. The molecule has 0 fully saturated rings. The highest BCUT2D eigenvalue weighted by Gasteiger charge is 2.28. The molecule has 162 valence electrons. The Morgan fingerprint density at radius 3 is 2.34 bits per heavy atom. The lowest BCUT2D eigenvalue weighted by Crippen LogP contribution is -2.43. The molecule has 32 heavy (non-hydrogen) atoms. The van der Waals surface area contributed by atoms with E-state index in [4.69, 9.17) is 16.3 Å². The third-order valence-electron chi connectivity index (χ3n) is 4.60. The van der Waals surface area contributed by atoms with E-state index in [2.05, 4.69) is 16.0 Å². The van der Waals surface area contributed by atoms with Crippen LogP contribution in [0.25, 0.3) is 0 Å². The maximum Gasteiger partial charge on any atom is 0.323 e. The van der Waals surface area contributed by atoms with Crippen molar-refractivity contribution in [1.82, 2.24) is 0 Å². The van der Waals surface area contributed by atoms with Gasteiger partial charge in [-0.15, -0.1) is 0 Å². The zero-order valence-corrected chi connectivity index (χ0v) is 17.6. The SMILES string of the molecule is O=C(CN1C(=O)COc2ccc(NC(=O)Nc3cccc(Cl)c3)cc21)Nc1ccccc1. The Morgan fingerprint density at radius 2 is 1.59 bits per heavy atom. The summed E-state index contributed by atoms with van der Waals surface area (Å²) in [4.78, 5) is 38.6. The lowest BCUT2D eigenvalue weighted by molar-refractivity contribution is -0.123. The van der Waals surface area contributed by atoms with Crippen LogP contribution < -0.4 is 25.6 Å². The molecule has 8 nitrogen and oxygen atoms in total. The van der Waals surface area contributed by atoms with Gasteiger partial charge in [-0.3, -0.25) is 14.5 Å². The van der Waals surface area contributed by atoms with E-state index in [1.165, 1.54) is 4.90 Å². The van der Waals surface area contributed by atoms with Gasteiger partial charge in [0.25, 0.3) is 5.91 Å². The van der Waals surface area contributed by atoms with Gasteiger partial charge < -0.3 is 20.7 Å². The molecule has 3 aromatic rings. The molecule has 0 radical (unpaired) electrons. The van der Waals surface area contributed by atoms with E-state index in [1.807, 2.05) is 6.07 Å². The fraction of sp³-hybridized carbons (Fsp3) is 0.0870. The number of nitrogens with zero attached hydrogens (tertiary/aromatic N) is 1. The maximum atomic E-state index is 12.5. The van der Waals surface area contributed by atoms with Gasteiger partial charge in [0.15, 0.2) is 6.61 Å². The van der Waals surface area contributed by atoms with E-state index < -0.39 is 6.03 Å². The van der Waals surface area contributed by atoms with Crippen LogP contribution in [0.2, 0.25) is 5.02 Å². The predicted molar refractivity (Wildman–Crippen MR) is 123 cm³/mol. The molecule has 1 aliphatic heterocycles. The summed E-state index contributed by atoms with van der Waals surface area (Å²) in [5.41, 5.74) is 1.98. The minimum atomic E-state index is -0.483. The number of hydrogen-bond acceptors (Lipinski definition) is 4. The first kappa shape index (κ1) is 21.2. The molecule has 4 rings (SSSR count). The summed E-state index contributed by atoms with van der Waals surface area (Å²) in [5, 5.41) is 8.63. The zero-order chi connectivity index (χ0) is 22.5. The summed E-state index contributed by atoms with van der Waals surface area (Å²) >= 11 is 5.93. The van der Waals surface area contributed by atoms with Crippen LogP contribution in [0.4, 0.5) is 27.5 Å². The van der Waals surface area contributed by atoms with Crippen LogP contribution in [-0.4, -0.2) is 31.0 Å². The standard InChI is InChI=1S/C23H19ClN4O4/c24-15-5-4-8-17(11-15)26-23(31)27-18-9-10-20-19(12-18)28(22(30)14-32-20)13-21(29)25-16-6-2-1-3-7-16/h1-12H,13-14H2,(H,25,29)(H2,26,27,31). The van der Waals surface area contributed by atoms with Crippen molar-refractivity contribution < 1.29 is 19.1 Å². The van der Waals surface area contributed by atoms with Gasteiger partial charge in [0.05, 0.1) is 5.69 Å². The number of benzene rings is 3. The highest BCUT2D eigenvalue weighted by Crippen LogP contribution is 2.34. The van der Waals surface area contributed by atoms with Gasteiger partial charge in [0.1, 0.15) is 12.3 Å². The molecule has 1 aliphatic rings. The molecule has 0 saturated carbocycles. The third kappa shape index (κ3) is 5.16. The van der Waals surface area contributed by atoms with Gasteiger partial charge in [-0.05, 0) is 48.5 Å². The molecule has 3 N–H and O–H groups in total.